The number of carbonyl (C=O) groups excluding carboxylic acids is 1. The van der Waals surface area contributed by atoms with Gasteiger partial charge < -0.3 is 15.1 Å². The molecule has 1 aromatic rings. The number of carbonyl (C=O) groups is 1. The summed E-state index contributed by atoms with van der Waals surface area (Å²) in [5.41, 5.74) is 0.251. The molecule has 2 rings (SSSR count). The molecule has 0 unspecified atom stereocenters. The summed E-state index contributed by atoms with van der Waals surface area (Å²) in [5, 5.41) is 18.9. The number of amides is 1. The molecule has 1 saturated heterocycles. The van der Waals surface area contributed by atoms with E-state index < -0.39 is 0 Å². The zero-order chi connectivity index (χ0) is 13.1. The Morgan fingerprint density at radius 1 is 1.33 bits per heavy atom. The van der Waals surface area contributed by atoms with Crippen molar-refractivity contribution < 1.29 is 15.0 Å². The van der Waals surface area contributed by atoms with Crippen molar-refractivity contribution in [1.29, 1.82) is 0 Å². The van der Waals surface area contributed by atoms with Crippen LogP contribution in [0, 0.1) is 12.8 Å². The molecule has 4 nitrogen and oxygen atoms in total. The van der Waals surface area contributed by atoms with Crippen molar-refractivity contribution in [3.05, 3.63) is 30.7 Å². The molecular formula is C14H18NO3. The second-order valence-corrected chi connectivity index (χ2v) is 4.73. The number of hydrogen-bond donors (Lipinski definition) is 2. The second kappa shape index (κ2) is 5.29. The van der Waals surface area contributed by atoms with Crippen molar-refractivity contribution in [2.24, 2.45) is 5.92 Å². The van der Waals surface area contributed by atoms with Gasteiger partial charge in [0.05, 0.1) is 5.56 Å². The number of likely N-dealkylation sites (tertiary alicyclic amines) is 1. The molecule has 0 saturated carbocycles. The first-order chi connectivity index (χ1) is 8.61. The molecule has 4 heteroatoms. The molecule has 0 aliphatic carbocycles. The van der Waals surface area contributed by atoms with Crippen molar-refractivity contribution in [1.82, 2.24) is 4.90 Å². The fourth-order valence-corrected chi connectivity index (χ4v) is 2.30. The maximum absolute atomic E-state index is 12.2. The van der Waals surface area contributed by atoms with Gasteiger partial charge in [-0.2, -0.15) is 0 Å². The summed E-state index contributed by atoms with van der Waals surface area (Å²) in [6.45, 7) is 5.31. The van der Waals surface area contributed by atoms with Gasteiger partial charge in [0.2, 0.25) is 0 Å². The lowest BCUT2D eigenvalue weighted by Gasteiger charge is -2.31. The molecule has 1 heterocycles. The average molecular weight is 248 g/mol. The van der Waals surface area contributed by atoms with Gasteiger partial charge >= 0.3 is 0 Å². The van der Waals surface area contributed by atoms with Crippen LogP contribution < -0.4 is 0 Å². The molecule has 0 spiro atoms. The lowest BCUT2D eigenvalue weighted by molar-refractivity contribution is 0.0688. The Bertz CT molecular complexity index is 437. The molecule has 1 radical (unpaired) electrons. The van der Waals surface area contributed by atoms with Gasteiger partial charge in [-0.3, -0.25) is 4.79 Å². The van der Waals surface area contributed by atoms with Crippen LogP contribution in [0.2, 0.25) is 0 Å². The first-order valence-electron chi connectivity index (χ1n) is 6.22. The number of phenolic OH excluding ortho intramolecular Hbond substituents is 2. The van der Waals surface area contributed by atoms with Crippen LogP contribution in [-0.2, 0) is 0 Å². The first kappa shape index (κ1) is 12.7. The van der Waals surface area contributed by atoms with Crippen LogP contribution in [0.5, 0.6) is 11.5 Å². The third-order valence-electron chi connectivity index (χ3n) is 3.52. The molecular weight excluding hydrogens is 230 g/mol. The standard InChI is InChI=1S/C14H18NO3/c1-2-10-5-7-15(8-6-10)14(18)12-4-3-11(16)9-13(12)17/h3-4,9-10,16-17H,1-2,5-8H2. The minimum Gasteiger partial charge on any atom is -0.508 e. The van der Waals surface area contributed by atoms with E-state index in [0.29, 0.717) is 19.0 Å². The highest BCUT2D eigenvalue weighted by Gasteiger charge is 2.24. The molecule has 1 fully saturated rings. The zero-order valence-corrected chi connectivity index (χ0v) is 10.3. The molecule has 0 aromatic heterocycles. The number of nitrogens with zero attached hydrogens (tertiary/aromatic N) is 1. The number of piperidine rings is 1. The zero-order valence-electron chi connectivity index (χ0n) is 10.3. The second-order valence-electron chi connectivity index (χ2n) is 4.73. The lowest BCUT2D eigenvalue weighted by atomic mass is 9.94. The number of phenols is 2. The van der Waals surface area contributed by atoms with E-state index in [9.17, 15) is 15.0 Å². The monoisotopic (exact) mass is 248 g/mol. The molecule has 0 bridgehead atoms. The number of benzene rings is 1. The molecule has 1 aliphatic heterocycles. The molecule has 97 valence electrons. The summed E-state index contributed by atoms with van der Waals surface area (Å²) in [7, 11) is 0. The Balaban J connectivity index is 2.08. The SMILES string of the molecule is [CH2]CC1CCN(C(=O)c2ccc(O)cc2O)CC1. The maximum atomic E-state index is 12.2. The fraction of sp³-hybridized carbons (Fsp3) is 0.429. The van der Waals surface area contributed by atoms with Crippen LogP contribution in [0.25, 0.3) is 0 Å². The van der Waals surface area contributed by atoms with Crippen LogP contribution in [0.3, 0.4) is 0 Å². The Morgan fingerprint density at radius 3 is 2.56 bits per heavy atom. The summed E-state index contributed by atoms with van der Waals surface area (Å²) in [6.07, 6.45) is 2.84. The van der Waals surface area contributed by atoms with E-state index in [4.69, 9.17) is 0 Å². The smallest absolute Gasteiger partial charge is 0.257 e. The Kier molecular flexibility index (Phi) is 3.75. The summed E-state index contributed by atoms with van der Waals surface area (Å²) >= 11 is 0. The Labute approximate surface area is 107 Å². The van der Waals surface area contributed by atoms with Crippen molar-refractivity contribution in [3.63, 3.8) is 0 Å². The summed E-state index contributed by atoms with van der Waals surface area (Å²) < 4.78 is 0. The largest absolute Gasteiger partial charge is 0.508 e. The van der Waals surface area contributed by atoms with Gasteiger partial charge in [0.1, 0.15) is 11.5 Å². The van der Waals surface area contributed by atoms with E-state index in [1.165, 1.54) is 18.2 Å². The van der Waals surface area contributed by atoms with Crippen molar-refractivity contribution >= 4 is 5.91 Å². The van der Waals surface area contributed by atoms with Crippen molar-refractivity contribution in [3.8, 4) is 11.5 Å². The quantitative estimate of drug-likeness (QED) is 0.843. The van der Waals surface area contributed by atoms with Crippen molar-refractivity contribution in [2.75, 3.05) is 13.1 Å². The summed E-state index contributed by atoms with van der Waals surface area (Å²) in [6, 6.07) is 4.06. The third-order valence-corrected chi connectivity index (χ3v) is 3.52. The van der Waals surface area contributed by atoms with Gasteiger partial charge in [-0.15, -0.1) is 0 Å². The van der Waals surface area contributed by atoms with Crippen molar-refractivity contribution in [2.45, 2.75) is 19.3 Å². The van der Waals surface area contributed by atoms with E-state index in [2.05, 4.69) is 6.92 Å². The third kappa shape index (κ3) is 2.58. The van der Waals surface area contributed by atoms with Gasteiger partial charge in [-0.05, 0) is 30.9 Å². The molecule has 1 aromatic carbocycles. The predicted molar refractivity (Wildman–Crippen MR) is 68.4 cm³/mol. The minimum absolute atomic E-state index is 0.0418. The van der Waals surface area contributed by atoms with Gasteiger partial charge in [-0.25, -0.2) is 0 Å². The molecule has 1 amide bonds. The fourth-order valence-electron chi connectivity index (χ4n) is 2.30. The molecule has 0 atom stereocenters. The van der Waals surface area contributed by atoms with Gasteiger partial charge in [0.15, 0.2) is 0 Å². The summed E-state index contributed by atoms with van der Waals surface area (Å²) in [4.78, 5) is 13.9. The average Bonchev–Trinajstić information content (AvgIpc) is 2.38. The van der Waals surface area contributed by atoms with E-state index in [1.54, 1.807) is 4.90 Å². The van der Waals surface area contributed by atoms with Crippen LogP contribution in [-0.4, -0.2) is 34.1 Å². The van der Waals surface area contributed by atoms with E-state index >= 15 is 0 Å². The van der Waals surface area contributed by atoms with Crippen LogP contribution >= 0.6 is 0 Å². The van der Waals surface area contributed by atoms with E-state index in [-0.39, 0.29) is 23.0 Å². The highest BCUT2D eigenvalue weighted by atomic mass is 16.3. The lowest BCUT2D eigenvalue weighted by Crippen LogP contribution is -2.38. The molecule has 18 heavy (non-hydrogen) atoms. The highest BCUT2D eigenvalue weighted by Crippen LogP contribution is 2.26. The first-order valence-corrected chi connectivity index (χ1v) is 6.22. The van der Waals surface area contributed by atoms with Gasteiger partial charge in [0, 0.05) is 19.2 Å². The molecule has 1 aliphatic rings. The topological polar surface area (TPSA) is 60.8 Å². The van der Waals surface area contributed by atoms with E-state index in [0.717, 1.165) is 19.3 Å². The normalized spacial score (nSPS) is 16.8. The van der Waals surface area contributed by atoms with Gasteiger partial charge in [-0.1, -0.05) is 13.3 Å². The highest BCUT2D eigenvalue weighted by molar-refractivity contribution is 5.97. The van der Waals surface area contributed by atoms with Crippen LogP contribution in [0.1, 0.15) is 29.6 Å². The van der Waals surface area contributed by atoms with Crippen LogP contribution in [0.15, 0.2) is 18.2 Å². The molecule has 2 N–H and O–H groups in total. The Hall–Kier alpha value is -1.71. The minimum atomic E-state index is -0.171. The van der Waals surface area contributed by atoms with Crippen LogP contribution in [0.4, 0.5) is 0 Å². The predicted octanol–water partition coefficient (Wildman–Crippen LogP) is 2.17. The number of hydrogen-bond acceptors (Lipinski definition) is 3. The van der Waals surface area contributed by atoms with E-state index in [1.807, 2.05) is 0 Å². The van der Waals surface area contributed by atoms with Gasteiger partial charge in [0.25, 0.3) is 5.91 Å². The number of rotatable bonds is 2. The summed E-state index contributed by atoms with van der Waals surface area (Å²) in [5.74, 6) is 0.219. The maximum Gasteiger partial charge on any atom is 0.257 e. The Morgan fingerprint density at radius 2 is 2.00 bits per heavy atom. The number of aromatic hydroxyl groups is 2.